The van der Waals surface area contributed by atoms with Gasteiger partial charge in [0.2, 0.25) is 0 Å². The Balaban J connectivity index is 1.58. The van der Waals surface area contributed by atoms with Crippen molar-refractivity contribution in [3.05, 3.63) is 60.2 Å². The van der Waals surface area contributed by atoms with Gasteiger partial charge in [0.1, 0.15) is 12.2 Å². The topological polar surface area (TPSA) is 63.1 Å². The highest BCUT2D eigenvalue weighted by atomic mass is 16.2. The number of amides is 2. The Labute approximate surface area is 147 Å². The predicted octanol–water partition coefficient (Wildman–Crippen LogP) is 2.74. The van der Waals surface area contributed by atoms with Crippen LogP contribution in [0, 0.1) is 0 Å². The molecule has 1 heterocycles. The van der Waals surface area contributed by atoms with Crippen molar-refractivity contribution in [2.45, 2.75) is 25.9 Å². The van der Waals surface area contributed by atoms with Crippen molar-refractivity contribution in [2.24, 2.45) is 7.05 Å². The molecule has 3 aromatic rings. The van der Waals surface area contributed by atoms with E-state index in [1.165, 1.54) is 22.7 Å². The quantitative estimate of drug-likeness (QED) is 0.779. The van der Waals surface area contributed by atoms with E-state index in [-0.39, 0.29) is 12.1 Å². The summed E-state index contributed by atoms with van der Waals surface area (Å²) in [7, 11) is 3.57. The Hall–Kier alpha value is -2.89. The number of nitrogens with zero attached hydrogens (tertiary/aromatic N) is 4. The minimum atomic E-state index is -0.115. The van der Waals surface area contributed by atoms with Crippen molar-refractivity contribution in [1.82, 2.24) is 25.0 Å². The first-order valence-electron chi connectivity index (χ1n) is 8.35. The zero-order valence-corrected chi connectivity index (χ0v) is 14.8. The molecule has 2 amide bonds. The van der Waals surface area contributed by atoms with Crippen LogP contribution >= 0.6 is 0 Å². The summed E-state index contributed by atoms with van der Waals surface area (Å²) < 4.78 is 1.67. The molecule has 0 fully saturated rings. The van der Waals surface area contributed by atoms with Crippen LogP contribution in [0.3, 0.4) is 0 Å². The van der Waals surface area contributed by atoms with E-state index >= 15 is 0 Å². The summed E-state index contributed by atoms with van der Waals surface area (Å²) in [6.07, 6.45) is 2.28. The number of urea groups is 1. The summed E-state index contributed by atoms with van der Waals surface area (Å²) in [5.74, 6) is 0.750. The molecule has 1 atom stereocenters. The van der Waals surface area contributed by atoms with Crippen LogP contribution in [0.25, 0.3) is 10.8 Å². The zero-order valence-electron chi connectivity index (χ0n) is 14.8. The number of fused-ring (bicyclic) bond motifs is 1. The van der Waals surface area contributed by atoms with Crippen LogP contribution in [0.4, 0.5) is 4.79 Å². The van der Waals surface area contributed by atoms with E-state index in [4.69, 9.17) is 0 Å². The number of hydrogen-bond donors (Lipinski definition) is 1. The van der Waals surface area contributed by atoms with E-state index in [9.17, 15) is 4.79 Å². The third-order valence-corrected chi connectivity index (χ3v) is 4.26. The van der Waals surface area contributed by atoms with Crippen molar-refractivity contribution < 1.29 is 4.79 Å². The number of carbonyl (C=O) groups excluding carboxylic acids is 1. The van der Waals surface area contributed by atoms with Crippen LogP contribution in [0.15, 0.2) is 48.8 Å². The van der Waals surface area contributed by atoms with Gasteiger partial charge in [0.05, 0.1) is 6.54 Å². The van der Waals surface area contributed by atoms with Crippen LogP contribution in [0.5, 0.6) is 0 Å². The Bertz CT molecular complexity index is 873. The molecule has 1 N–H and O–H groups in total. The molecule has 0 saturated heterocycles. The maximum atomic E-state index is 12.4. The first-order valence-corrected chi connectivity index (χ1v) is 8.35. The molecule has 6 nitrogen and oxygen atoms in total. The second kappa shape index (κ2) is 7.34. The fourth-order valence-electron chi connectivity index (χ4n) is 2.84. The molecule has 25 heavy (non-hydrogen) atoms. The summed E-state index contributed by atoms with van der Waals surface area (Å²) >= 11 is 0. The zero-order chi connectivity index (χ0) is 17.8. The number of aryl methyl sites for hydroxylation is 1. The van der Waals surface area contributed by atoms with Gasteiger partial charge < -0.3 is 10.2 Å². The Morgan fingerprint density at radius 2 is 2.00 bits per heavy atom. The first-order chi connectivity index (χ1) is 12.0. The number of carbonyl (C=O) groups is 1. The Morgan fingerprint density at radius 1 is 1.24 bits per heavy atom. The molecular weight excluding hydrogens is 314 g/mol. The lowest BCUT2D eigenvalue weighted by Crippen LogP contribution is -2.42. The van der Waals surface area contributed by atoms with E-state index in [1.807, 2.05) is 26.1 Å². The van der Waals surface area contributed by atoms with Crippen LogP contribution in [-0.2, 0) is 20.0 Å². The summed E-state index contributed by atoms with van der Waals surface area (Å²) in [6.45, 7) is 2.44. The van der Waals surface area contributed by atoms with Crippen LogP contribution in [0.2, 0.25) is 0 Å². The molecule has 0 aliphatic rings. The van der Waals surface area contributed by atoms with Gasteiger partial charge in [0, 0.05) is 20.1 Å². The SMILES string of the molecule is CC(Cc1ccc2ccccc2c1)NC(=O)N(C)Cc1ncnn1C. The average Bonchev–Trinajstić information content (AvgIpc) is 2.99. The molecule has 0 aliphatic heterocycles. The summed E-state index contributed by atoms with van der Waals surface area (Å²) in [4.78, 5) is 18.1. The van der Waals surface area contributed by atoms with E-state index < -0.39 is 0 Å². The maximum Gasteiger partial charge on any atom is 0.317 e. The van der Waals surface area contributed by atoms with Gasteiger partial charge in [0.25, 0.3) is 0 Å². The minimum Gasteiger partial charge on any atom is -0.335 e. The second-order valence-electron chi connectivity index (χ2n) is 6.39. The summed E-state index contributed by atoms with van der Waals surface area (Å²) in [5.41, 5.74) is 1.21. The summed E-state index contributed by atoms with van der Waals surface area (Å²) in [5, 5.41) is 9.50. The first kappa shape index (κ1) is 17.0. The number of nitrogens with one attached hydrogen (secondary N) is 1. The van der Waals surface area contributed by atoms with Gasteiger partial charge in [-0.25, -0.2) is 9.78 Å². The molecule has 1 unspecified atom stereocenters. The van der Waals surface area contributed by atoms with Crippen LogP contribution in [-0.4, -0.2) is 38.8 Å². The lowest BCUT2D eigenvalue weighted by molar-refractivity contribution is 0.201. The lowest BCUT2D eigenvalue weighted by atomic mass is 10.0. The predicted molar refractivity (Wildman–Crippen MR) is 98.1 cm³/mol. The van der Waals surface area contributed by atoms with Gasteiger partial charge in [-0.15, -0.1) is 0 Å². The van der Waals surface area contributed by atoms with Gasteiger partial charge in [-0.3, -0.25) is 4.68 Å². The van der Waals surface area contributed by atoms with Crippen molar-refractivity contribution in [1.29, 1.82) is 0 Å². The highest BCUT2D eigenvalue weighted by Gasteiger charge is 2.14. The molecule has 0 radical (unpaired) electrons. The number of rotatable bonds is 5. The number of hydrogen-bond acceptors (Lipinski definition) is 3. The molecule has 0 aliphatic carbocycles. The molecule has 1 aromatic heterocycles. The maximum absolute atomic E-state index is 12.4. The third-order valence-electron chi connectivity index (χ3n) is 4.26. The summed E-state index contributed by atoms with van der Waals surface area (Å²) in [6, 6.07) is 14.6. The van der Waals surface area contributed by atoms with Crippen molar-refractivity contribution in [3.8, 4) is 0 Å². The smallest absolute Gasteiger partial charge is 0.317 e. The van der Waals surface area contributed by atoms with Gasteiger partial charge in [-0.2, -0.15) is 5.10 Å². The number of aromatic nitrogens is 3. The highest BCUT2D eigenvalue weighted by molar-refractivity contribution is 5.83. The fourth-order valence-corrected chi connectivity index (χ4v) is 2.84. The van der Waals surface area contributed by atoms with Crippen LogP contribution < -0.4 is 5.32 Å². The van der Waals surface area contributed by atoms with E-state index in [2.05, 4.69) is 45.7 Å². The molecule has 3 rings (SSSR count). The largest absolute Gasteiger partial charge is 0.335 e. The number of benzene rings is 2. The van der Waals surface area contributed by atoms with Gasteiger partial charge >= 0.3 is 6.03 Å². The molecular formula is C19H23N5O. The normalized spacial score (nSPS) is 12.1. The fraction of sp³-hybridized carbons (Fsp3) is 0.316. The average molecular weight is 337 g/mol. The third kappa shape index (κ3) is 4.15. The molecule has 2 aromatic carbocycles. The Kier molecular flexibility index (Phi) is 4.97. The van der Waals surface area contributed by atoms with Gasteiger partial charge in [-0.05, 0) is 29.7 Å². The van der Waals surface area contributed by atoms with Gasteiger partial charge in [-0.1, -0.05) is 42.5 Å². The van der Waals surface area contributed by atoms with Crippen molar-refractivity contribution >= 4 is 16.8 Å². The molecule has 0 bridgehead atoms. The Morgan fingerprint density at radius 3 is 2.72 bits per heavy atom. The molecule has 0 saturated carbocycles. The van der Waals surface area contributed by atoms with Crippen LogP contribution in [0.1, 0.15) is 18.3 Å². The highest BCUT2D eigenvalue weighted by Crippen LogP contribution is 2.16. The van der Waals surface area contributed by atoms with Gasteiger partial charge in [0.15, 0.2) is 0 Å². The second-order valence-corrected chi connectivity index (χ2v) is 6.39. The van der Waals surface area contributed by atoms with E-state index in [0.29, 0.717) is 6.54 Å². The standard InChI is InChI=1S/C19H23N5O/c1-14(10-15-8-9-16-6-4-5-7-17(16)11-15)22-19(25)23(2)12-18-20-13-21-24(18)3/h4-9,11,13-14H,10,12H2,1-3H3,(H,22,25). The van der Waals surface area contributed by atoms with Crippen molar-refractivity contribution in [3.63, 3.8) is 0 Å². The molecule has 130 valence electrons. The minimum absolute atomic E-state index is 0.0376. The monoisotopic (exact) mass is 337 g/mol. The van der Waals surface area contributed by atoms with E-state index in [1.54, 1.807) is 16.6 Å². The van der Waals surface area contributed by atoms with E-state index in [0.717, 1.165) is 12.2 Å². The molecule has 0 spiro atoms. The van der Waals surface area contributed by atoms with Crippen molar-refractivity contribution in [2.75, 3.05) is 7.05 Å². The lowest BCUT2D eigenvalue weighted by Gasteiger charge is -2.21. The molecule has 6 heteroatoms.